The molecule has 0 radical (unpaired) electrons. The van der Waals surface area contributed by atoms with Crippen LogP contribution in [0.3, 0.4) is 0 Å². The van der Waals surface area contributed by atoms with Crippen molar-refractivity contribution < 1.29 is 5.11 Å². The summed E-state index contributed by atoms with van der Waals surface area (Å²) in [6, 6.07) is -0.167. The molecule has 0 saturated heterocycles. The summed E-state index contributed by atoms with van der Waals surface area (Å²) >= 11 is 0. The van der Waals surface area contributed by atoms with Gasteiger partial charge in [-0.05, 0) is 12.0 Å². The first-order chi connectivity index (χ1) is 5.22. The third kappa shape index (κ3) is 2.32. The van der Waals surface area contributed by atoms with Gasteiger partial charge in [-0.15, -0.1) is 0 Å². The van der Waals surface area contributed by atoms with E-state index in [-0.39, 0.29) is 12.6 Å². The highest BCUT2D eigenvalue weighted by Gasteiger charge is 2.02. The van der Waals surface area contributed by atoms with Gasteiger partial charge in [-0.1, -0.05) is 0 Å². The number of rotatable bonds is 3. The molecule has 0 bridgehead atoms. The number of hydrogen-bond acceptors (Lipinski definition) is 3. The minimum atomic E-state index is -0.167. The fourth-order valence-electron chi connectivity index (χ4n) is 0.945. The van der Waals surface area contributed by atoms with Crippen LogP contribution in [0.2, 0.25) is 0 Å². The summed E-state index contributed by atoms with van der Waals surface area (Å²) in [5.41, 5.74) is 6.59. The van der Waals surface area contributed by atoms with Gasteiger partial charge in [-0.2, -0.15) is 5.10 Å². The number of aliphatic hydroxyl groups excluding tert-OH is 1. The Morgan fingerprint density at radius 3 is 3.00 bits per heavy atom. The van der Waals surface area contributed by atoms with Gasteiger partial charge < -0.3 is 10.8 Å². The smallest absolute Gasteiger partial charge is 0.0585 e. The van der Waals surface area contributed by atoms with Crippen LogP contribution >= 0.6 is 0 Å². The summed E-state index contributed by atoms with van der Waals surface area (Å²) in [6.45, 7) is 0.0227. The van der Waals surface area contributed by atoms with E-state index in [1.165, 1.54) is 0 Å². The van der Waals surface area contributed by atoms with Crippen LogP contribution in [-0.2, 0) is 13.5 Å². The van der Waals surface area contributed by atoms with Crippen LogP contribution in [0, 0.1) is 0 Å². The molecule has 3 N–H and O–H groups in total. The van der Waals surface area contributed by atoms with E-state index in [1.807, 2.05) is 13.2 Å². The highest BCUT2D eigenvalue weighted by atomic mass is 16.3. The number of nitrogens with zero attached hydrogens (tertiary/aromatic N) is 2. The lowest BCUT2D eigenvalue weighted by atomic mass is 10.1. The summed E-state index contributed by atoms with van der Waals surface area (Å²) in [7, 11) is 1.86. The average Bonchev–Trinajstić information content (AvgIpc) is 2.35. The van der Waals surface area contributed by atoms with Gasteiger partial charge >= 0.3 is 0 Å². The molecule has 1 heterocycles. The highest BCUT2D eigenvalue weighted by molar-refractivity contribution is 5.05. The molecular weight excluding hydrogens is 142 g/mol. The molecule has 62 valence electrons. The topological polar surface area (TPSA) is 64.1 Å². The number of nitrogens with two attached hydrogens (primary N) is 1. The molecule has 0 fully saturated rings. The van der Waals surface area contributed by atoms with Crippen LogP contribution in [-0.4, -0.2) is 27.5 Å². The van der Waals surface area contributed by atoms with Crippen molar-refractivity contribution in [1.29, 1.82) is 0 Å². The van der Waals surface area contributed by atoms with E-state index in [2.05, 4.69) is 5.10 Å². The molecule has 1 aromatic rings. The predicted octanol–water partition coefficient (Wildman–Crippen LogP) is -0.718. The Hall–Kier alpha value is -0.870. The average molecular weight is 155 g/mol. The third-order valence-corrected chi connectivity index (χ3v) is 1.49. The first-order valence-electron chi connectivity index (χ1n) is 3.56. The van der Waals surface area contributed by atoms with E-state index in [0.717, 1.165) is 5.56 Å². The molecule has 0 spiro atoms. The van der Waals surface area contributed by atoms with E-state index in [9.17, 15) is 0 Å². The molecule has 0 aromatic carbocycles. The van der Waals surface area contributed by atoms with E-state index in [4.69, 9.17) is 10.8 Å². The van der Waals surface area contributed by atoms with E-state index in [1.54, 1.807) is 10.9 Å². The van der Waals surface area contributed by atoms with Gasteiger partial charge in [-0.25, -0.2) is 0 Å². The molecule has 4 heteroatoms. The summed E-state index contributed by atoms with van der Waals surface area (Å²) in [5, 5.41) is 12.6. The van der Waals surface area contributed by atoms with Crippen LogP contribution in [0.15, 0.2) is 12.4 Å². The Balaban J connectivity index is 2.50. The standard InChI is InChI=1S/C7H13N3O/c1-10-4-6(3-9-10)2-7(8)5-11/h3-4,7,11H,2,5,8H2,1H3. The second kappa shape index (κ2) is 3.50. The Bertz CT molecular complexity index is 221. The number of aryl methyl sites for hydroxylation is 1. The van der Waals surface area contributed by atoms with Gasteiger partial charge in [0.2, 0.25) is 0 Å². The number of aliphatic hydroxyl groups is 1. The molecule has 0 aliphatic rings. The van der Waals surface area contributed by atoms with Crippen LogP contribution in [0.1, 0.15) is 5.56 Å². The quantitative estimate of drug-likeness (QED) is 0.605. The molecule has 0 saturated carbocycles. The van der Waals surface area contributed by atoms with Crippen LogP contribution < -0.4 is 5.73 Å². The Morgan fingerprint density at radius 2 is 2.55 bits per heavy atom. The normalized spacial score (nSPS) is 13.4. The fraction of sp³-hybridized carbons (Fsp3) is 0.571. The maximum Gasteiger partial charge on any atom is 0.0585 e. The zero-order valence-corrected chi connectivity index (χ0v) is 6.57. The maximum absolute atomic E-state index is 8.65. The van der Waals surface area contributed by atoms with Crippen molar-refractivity contribution in [3.63, 3.8) is 0 Å². The lowest BCUT2D eigenvalue weighted by molar-refractivity contribution is 0.265. The summed E-state index contributed by atoms with van der Waals surface area (Å²) in [4.78, 5) is 0. The van der Waals surface area contributed by atoms with Crippen molar-refractivity contribution in [2.24, 2.45) is 12.8 Å². The lowest BCUT2D eigenvalue weighted by Crippen LogP contribution is -2.26. The van der Waals surface area contributed by atoms with Crippen molar-refractivity contribution in [2.45, 2.75) is 12.5 Å². The third-order valence-electron chi connectivity index (χ3n) is 1.49. The molecule has 4 nitrogen and oxygen atoms in total. The second-order valence-electron chi connectivity index (χ2n) is 2.67. The molecule has 1 rings (SSSR count). The number of hydrogen-bond donors (Lipinski definition) is 2. The highest BCUT2D eigenvalue weighted by Crippen LogP contribution is 1.99. The Labute approximate surface area is 65.6 Å². The molecular formula is C7H13N3O. The van der Waals surface area contributed by atoms with Crippen molar-refractivity contribution in [1.82, 2.24) is 9.78 Å². The first-order valence-corrected chi connectivity index (χ1v) is 3.56. The van der Waals surface area contributed by atoms with Gasteiger partial charge in [0.1, 0.15) is 0 Å². The molecule has 0 aliphatic carbocycles. The zero-order valence-electron chi connectivity index (χ0n) is 6.57. The molecule has 0 aliphatic heterocycles. The largest absolute Gasteiger partial charge is 0.395 e. The SMILES string of the molecule is Cn1cc(CC(N)CO)cn1. The lowest BCUT2D eigenvalue weighted by Gasteiger charge is -2.03. The van der Waals surface area contributed by atoms with Crippen molar-refractivity contribution in [3.05, 3.63) is 18.0 Å². The van der Waals surface area contributed by atoms with Crippen molar-refractivity contribution in [2.75, 3.05) is 6.61 Å². The van der Waals surface area contributed by atoms with Gasteiger partial charge in [0.25, 0.3) is 0 Å². The fourth-order valence-corrected chi connectivity index (χ4v) is 0.945. The van der Waals surface area contributed by atoms with Gasteiger partial charge in [-0.3, -0.25) is 4.68 Å². The van der Waals surface area contributed by atoms with Crippen LogP contribution in [0.25, 0.3) is 0 Å². The molecule has 1 atom stereocenters. The van der Waals surface area contributed by atoms with Gasteiger partial charge in [0, 0.05) is 19.3 Å². The monoisotopic (exact) mass is 155 g/mol. The van der Waals surface area contributed by atoms with Crippen molar-refractivity contribution >= 4 is 0 Å². The van der Waals surface area contributed by atoms with Crippen molar-refractivity contribution in [3.8, 4) is 0 Å². The minimum Gasteiger partial charge on any atom is -0.395 e. The molecule has 11 heavy (non-hydrogen) atoms. The van der Waals surface area contributed by atoms with Crippen LogP contribution in [0.5, 0.6) is 0 Å². The van der Waals surface area contributed by atoms with E-state index in [0.29, 0.717) is 6.42 Å². The maximum atomic E-state index is 8.65. The summed E-state index contributed by atoms with van der Waals surface area (Å²) < 4.78 is 1.72. The van der Waals surface area contributed by atoms with E-state index >= 15 is 0 Å². The molecule has 1 unspecified atom stereocenters. The zero-order chi connectivity index (χ0) is 8.27. The molecule has 1 aromatic heterocycles. The summed E-state index contributed by atoms with van der Waals surface area (Å²) in [6.07, 6.45) is 4.34. The Kier molecular flexibility index (Phi) is 2.62. The second-order valence-corrected chi connectivity index (χ2v) is 2.67. The van der Waals surface area contributed by atoms with Gasteiger partial charge in [0.15, 0.2) is 0 Å². The first kappa shape index (κ1) is 8.23. The molecule has 0 amide bonds. The number of aromatic nitrogens is 2. The van der Waals surface area contributed by atoms with Crippen LogP contribution in [0.4, 0.5) is 0 Å². The van der Waals surface area contributed by atoms with E-state index < -0.39 is 0 Å². The minimum absolute atomic E-state index is 0.0227. The van der Waals surface area contributed by atoms with Gasteiger partial charge in [0.05, 0.1) is 12.8 Å². The predicted molar refractivity (Wildman–Crippen MR) is 42.0 cm³/mol. The Morgan fingerprint density at radius 1 is 1.82 bits per heavy atom. The summed E-state index contributed by atoms with van der Waals surface area (Å²) in [5.74, 6) is 0.